The molecule has 1 N–H and O–H groups in total. The highest BCUT2D eigenvalue weighted by molar-refractivity contribution is 7.80. The number of anilines is 1. The van der Waals surface area contributed by atoms with Crippen LogP contribution in [0.2, 0.25) is 10.0 Å². The van der Waals surface area contributed by atoms with E-state index in [2.05, 4.69) is 10.3 Å². The Kier molecular flexibility index (Phi) is 8.43. The molecule has 0 spiro atoms. The zero-order valence-corrected chi connectivity index (χ0v) is 18.8. The Morgan fingerprint density at radius 1 is 1.03 bits per heavy atom. The number of rotatable bonds is 9. The molecule has 0 fully saturated rings. The molecule has 1 unspecified atom stereocenters. The van der Waals surface area contributed by atoms with Crippen LogP contribution in [0.15, 0.2) is 66.9 Å². The zero-order chi connectivity index (χ0) is 22.2. The van der Waals surface area contributed by atoms with E-state index in [9.17, 15) is 13.6 Å². The van der Waals surface area contributed by atoms with Crippen LogP contribution in [0.4, 0.5) is 5.69 Å². The smallest absolute Gasteiger partial charge is 0.251 e. The Balaban J connectivity index is 1.60. The molecule has 0 bridgehead atoms. The van der Waals surface area contributed by atoms with Gasteiger partial charge < -0.3 is 14.2 Å². The molecule has 31 heavy (non-hydrogen) atoms. The fourth-order valence-electron chi connectivity index (χ4n) is 2.98. The average Bonchev–Trinajstić information content (AvgIpc) is 2.77. The fraction of sp³-hybridized carbons (Fsp3) is 0.182. The van der Waals surface area contributed by atoms with Crippen molar-refractivity contribution in [1.82, 2.24) is 10.3 Å². The normalized spacial score (nSPS) is 11.7. The third-order valence-electron chi connectivity index (χ3n) is 4.61. The Labute approximate surface area is 193 Å². The molecule has 3 rings (SSSR count). The van der Waals surface area contributed by atoms with Gasteiger partial charge in [-0.05, 0) is 54.4 Å². The second-order valence-corrected chi connectivity index (χ2v) is 8.32. The van der Waals surface area contributed by atoms with E-state index in [1.54, 1.807) is 48.7 Å². The van der Waals surface area contributed by atoms with E-state index >= 15 is 0 Å². The number of carbonyl (C=O) groups excluding carboxylic acids is 1. The van der Waals surface area contributed by atoms with Crippen molar-refractivity contribution in [2.75, 3.05) is 17.4 Å². The number of benzene rings is 2. The topological polar surface area (TPSA) is 85.4 Å². The van der Waals surface area contributed by atoms with Gasteiger partial charge in [0.25, 0.3) is 5.91 Å². The maximum absolute atomic E-state index is 12.3. The van der Waals surface area contributed by atoms with Gasteiger partial charge in [0.15, 0.2) is 0 Å². The van der Waals surface area contributed by atoms with Crippen LogP contribution in [0.1, 0.15) is 21.6 Å². The second-order valence-electron chi connectivity index (χ2n) is 6.66. The third kappa shape index (κ3) is 6.51. The molecule has 0 aliphatic rings. The summed E-state index contributed by atoms with van der Waals surface area (Å²) in [7, 11) is 0. The van der Waals surface area contributed by atoms with Gasteiger partial charge in [0.05, 0.1) is 10.0 Å². The number of amides is 1. The van der Waals surface area contributed by atoms with E-state index in [-0.39, 0.29) is 12.5 Å². The Morgan fingerprint density at radius 3 is 2.48 bits per heavy atom. The van der Waals surface area contributed by atoms with Crippen LogP contribution in [0, 0.1) is 0 Å². The molecule has 2 aromatic carbocycles. The minimum Gasteiger partial charge on any atom is -0.755 e. The van der Waals surface area contributed by atoms with E-state index in [0.717, 1.165) is 11.3 Å². The van der Waals surface area contributed by atoms with Crippen molar-refractivity contribution in [1.29, 1.82) is 0 Å². The Bertz CT molecular complexity index is 1050. The number of carbonyl (C=O) groups is 1. The van der Waals surface area contributed by atoms with Crippen molar-refractivity contribution in [3.8, 4) is 0 Å². The molecule has 1 heterocycles. The van der Waals surface area contributed by atoms with Crippen molar-refractivity contribution in [3.05, 3.63) is 93.7 Å². The van der Waals surface area contributed by atoms with Crippen molar-refractivity contribution in [2.45, 2.75) is 12.8 Å². The Morgan fingerprint density at radius 2 is 1.81 bits per heavy atom. The maximum atomic E-state index is 12.3. The van der Waals surface area contributed by atoms with Gasteiger partial charge in [0, 0.05) is 53.9 Å². The van der Waals surface area contributed by atoms with E-state index in [1.165, 1.54) is 4.31 Å². The van der Waals surface area contributed by atoms with Crippen molar-refractivity contribution >= 4 is 46.1 Å². The first-order chi connectivity index (χ1) is 15.0. The van der Waals surface area contributed by atoms with Gasteiger partial charge in [-0.3, -0.25) is 14.0 Å². The lowest BCUT2D eigenvalue weighted by Crippen LogP contribution is -2.28. The summed E-state index contributed by atoms with van der Waals surface area (Å²) in [5.41, 5.74) is 2.55. The summed E-state index contributed by atoms with van der Waals surface area (Å²) in [6, 6.07) is 17.3. The second kappa shape index (κ2) is 11.2. The zero-order valence-electron chi connectivity index (χ0n) is 16.5. The number of aromatic nitrogens is 1. The summed E-state index contributed by atoms with van der Waals surface area (Å²) in [5, 5.41) is 3.67. The summed E-state index contributed by atoms with van der Waals surface area (Å²) in [4.78, 5) is 16.6. The molecule has 1 amide bonds. The number of hydrogen-bond acceptors (Lipinski definition) is 4. The molecule has 1 atom stereocenters. The summed E-state index contributed by atoms with van der Waals surface area (Å²) in [6.45, 7) is 0.639. The minimum absolute atomic E-state index is 0.186. The lowest BCUT2D eigenvalue weighted by atomic mass is 10.1. The van der Waals surface area contributed by atoms with E-state index in [0.29, 0.717) is 40.7 Å². The predicted molar refractivity (Wildman–Crippen MR) is 123 cm³/mol. The number of nitrogens with zero attached hydrogens (tertiary/aromatic N) is 2. The van der Waals surface area contributed by atoms with Crippen molar-refractivity contribution in [2.24, 2.45) is 0 Å². The van der Waals surface area contributed by atoms with Gasteiger partial charge in [-0.15, -0.1) is 0 Å². The monoisotopic (exact) mass is 476 g/mol. The van der Waals surface area contributed by atoms with Crippen LogP contribution in [0.5, 0.6) is 0 Å². The maximum Gasteiger partial charge on any atom is 0.251 e. The highest BCUT2D eigenvalue weighted by Crippen LogP contribution is 2.26. The molecule has 162 valence electrons. The first-order valence-corrected chi connectivity index (χ1v) is 11.3. The lowest BCUT2D eigenvalue weighted by Gasteiger charge is -2.26. The predicted octanol–water partition coefficient (Wildman–Crippen LogP) is 4.20. The van der Waals surface area contributed by atoms with Crippen LogP contribution < -0.4 is 9.62 Å². The highest BCUT2D eigenvalue weighted by Gasteiger charge is 2.12. The van der Waals surface area contributed by atoms with Crippen LogP contribution >= 0.6 is 23.2 Å². The van der Waals surface area contributed by atoms with Gasteiger partial charge in [-0.1, -0.05) is 41.4 Å². The van der Waals surface area contributed by atoms with Crippen LogP contribution in [-0.4, -0.2) is 32.7 Å². The quantitative estimate of drug-likeness (QED) is 0.468. The summed E-state index contributed by atoms with van der Waals surface area (Å²) in [6.07, 6.45) is 2.73. The van der Waals surface area contributed by atoms with Gasteiger partial charge in [-0.2, -0.15) is 0 Å². The van der Waals surface area contributed by atoms with Crippen LogP contribution in [-0.2, 0) is 24.1 Å². The molecule has 6 nitrogen and oxygen atoms in total. The largest absolute Gasteiger partial charge is 0.755 e. The molecule has 9 heteroatoms. The summed E-state index contributed by atoms with van der Waals surface area (Å²) >= 11 is 9.72. The lowest BCUT2D eigenvalue weighted by molar-refractivity contribution is 0.0954. The van der Waals surface area contributed by atoms with Crippen molar-refractivity contribution < 1.29 is 13.6 Å². The molecular weight excluding hydrogens is 457 g/mol. The van der Waals surface area contributed by atoms with Crippen LogP contribution in [0.3, 0.4) is 0 Å². The number of pyridine rings is 1. The van der Waals surface area contributed by atoms with Gasteiger partial charge >= 0.3 is 0 Å². The van der Waals surface area contributed by atoms with E-state index in [4.69, 9.17) is 23.2 Å². The number of hydrogen-bond donors (Lipinski definition) is 1. The third-order valence-corrected chi connectivity index (χ3v) is 6.22. The average molecular weight is 477 g/mol. The van der Waals surface area contributed by atoms with Crippen LogP contribution in [0.25, 0.3) is 0 Å². The van der Waals surface area contributed by atoms with Gasteiger partial charge in [0.1, 0.15) is 0 Å². The van der Waals surface area contributed by atoms with Gasteiger partial charge in [-0.25, -0.2) is 0 Å². The van der Waals surface area contributed by atoms with E-state index in [1.807, 2.05) is 18.2 Å². The molecule has 0 radical (unpaired) electrons. The van der Waals surface area contributed by atoms with Crippen molar-refractivity contribution in [3.63, 3.8) is 0 Å². The summed E-state index contributed by atoms with van der Waals surface area (Å²) in [5.74, 6) is -0.233. The fourth-order valence-corrected chi connectivity index (χ4v) is 3.93. The number of nitrogens with one attached hydrogen (secondary N) is 1. The summed E-state index contributed by atoms with van der Waals surface area (Å²) < 4.78 is 24.7. The molecular formula is C22H20Cl2N3O3S-. The highest BCUT2D eigenvalue weighted by atomic mass is 35.5. The standard InChI is InChI=1S/C22H21Cl2N3O3S/c23-20-6-3-4-16(21(20)24)12-15-27(31(29)30)19-9-7-17(8-10-19)22(28)26-14-11-18-5-1-2-13-25-18/h1-10,13H,11-12,14-15H2,(H,26,28)(H,29,30)/p-1. The van der Waals surface area contributed by atoms with Gasteiger partial charge in [0.2, 0.25) is 0 Å². The Hall–Kier alpha value is -2.45. The molecule has 0 aliphatic carbocycles. The van der Waals surface area contributed by atoms with E-state index < -0.39 is 11.3 Å². The molecule has 0 aliphatic heterocycles. The molecule has 0 saturated carbocycles. The molecule has 3 aromatic rings. The molecule has 0 saturated heterocycles. The minimum atomic E-state index is -2.48. The first-order valence-electron chi connectivity index (χ1n) is 9.53. The first kappa shape index (κ1) is 23.2. The SMILES string of the molecule is O=C(NCCc1ccccn1)c1ccc(N(CCc2cccc(Cl)c2Cl)S(=O)[O-])cc1. The molecule has 1 aromatic heterocycles. The number of halogens is 2.